The molecule has 2 aromatic rings. The topological polar surface area (TPSA) is 50.4 Å². The van der Waals surface area contributed by atoms with Crippen LogP contribution in [0.3, 0.4) is 0 Å². The zero-order chi connectivity index (χ0) is 9.84. The summed E-state index contributed by atoms with van der Waals surface area (Å²) in [6, 6.07) is 0. The molecule has 0 unspecified atom stereocenters. The summed E-state index contributed by atoms with van der Waals surface area (Å²) in [5, 5.41) is 9.03. The van der Waals surface area contributed by atoms with E-state index >= 15 is 0 Å². The molecule has 70 valence electrons. The SMILES string of the molecule is CC.Cc1cn2cc(O)cnc2n1. The van der Waals surface area contributed by atoms with Gasteiger partial charge in [0.15, 0.2) is 5.75 Å². The monoisotopic (exact) mass is 179 g/mol. The predicted molar refractivity (Wildman–Crippen MR) is 50.7 cm³/mol. The number of aromatic hydroxyl groups is 1. The van der Waals surface area contributed by atoms with Crippen molar-refractivity contribution in [2.24, 2.45) is 0 Å². The zero-order valence-corrected chi connectivity index (χ0v) is 8.02. The van der Waals surface area contributed by atoms with E-state index in [9.17, 15) is 0 Å². The van der Waals surface area contributed by atoms with Crippen LogP contribution in [0.5, 0.6) is 5.75 Å². The molecule has 2 heterocycles. The molecule has 0 bridgehead atoms. The van der Waals surface area contributed by atoms with Crippen LogP contribution in [0.1, 0.15) is 19.5 Å². The van der Waals surface area contributed by atoms with Gasteiger partial charge in [-0.3, -0.25) is 4.40 Å². The van der Waals surface area contributed by atoms with E-state index in [0.29, 0.717) is 5.78 Å². The molecule has 4 nitrogen and oxygen atoms in total. The van der Waals surface area contributed by atoms with Gasteiger partial charge in [-0.15, -0.1) is 0 Å². The molecule has 0 aliphatic heterocycles. The van der Waals surface area contributed by atoms with Crippen molar-refractivity contribution in [2.45, 2.75) is 20.8 Å². The third-order valence-corrected chi connectivity index (χ3v) is 1.42. The maximum absolute atomic E-state index is 9.03. The molecule has 0 saturated carbocycles. The molecule has 4 heteroatoms. The minimum Gasteiger partial charge on any atom is -0.505 e. The Morgan fingerprint density at radius 1 is 1.31 bits per heavy atom. The first-order chi connectivity index (χ1) is 6.25. The lowest BCUT2D eigenvalue weighted by Gasteiger charge is -1.91. The van der Waals surface area contributed by atoms with E-state index in [-0.39, 0.29) is 5.75 Å². The highest BCUT2D eigenvalue weighted by molar-refractivity contribution is 5.32. The Labute approximate surface area is 76.9 Å². The number of aromatic nitrogens is 3. The van der Waals surface area contributed by atoms with Gasteiger partial charge >= 0.3 is 0 Å². The van der Waals surface area contributed by atoms with Crippen LogP contribution in [-0.2, 0) is 0 Å². The Hall–Kier alpha value is -1.58. The number of nitrogens with zero attached hydrogens (tertiary/aromatic N) is 3. The van der Waals surface area contributed by atoms with Crippen LogP contribution >= 0.6 is 0 Å². The highest BCUT2D eigenvalue weighted by Gasteiger charge is 1.97. The predicted octanol–water partition coefficient (Wildman–Crippen LogP) is 1.77. The Morgan fingerprint density at radius 2 is 2.00 bits per heavy atom. The van der Waals surface area contributed by atoms with Gasteiger partial charge in [0, 0.05) is 6.20 Å². The van der Waals surface area contributed by atoms with Gasteiger partial charge in [0.05, 0.1) is 18.1 Å². The van der Waals surface area contributed by atoms with E-state index in [1.165, 1.54) is 6.20 Å². The normalized spacial score (nSPS) is 9.46. The maximum Gasteiger partial charge on any atom is 0.234 e. The van der Waals surface area contributed by atoms with Crippen molar-refractivity contribution in [1.82, 2.24) is 14.4 Å². The van der Waals surface area contributed by atoms with Crippen molar-refractivity contribution in [2.75, 3.05) is 0 Å². The fourth-order valence-corrected chi connectivity index (χ4v) is 0.994. The first kappa shape index (κ1) is 9.51. The van der Waals surface area contributed by atoms with Crippen molar-refractivity contribution in [3.05, 3.63) is 24.3 Å². The number of hydrogen-bond acceptors (Lipinski definition) is 3. The largest absolute Gasteiger partial charge is 0.505 e. The van der Waals surface area contributed by atoms with Crippen LogP contribution in [-0.4, -0.2) is 19.5 Å². The van der Waals surface area contributed by atoms with E-state index in [1.807, 2.05) is 27.0 Å². The molecule has 0 spiro atoms. The van der Waals surface area contributed by atoms with Gasteiger partial charge in [0.25, 0.3) is 0 Å². The molecule has 0 amide bonds. The smallest absolute Gasteiger partial charge is 0.234 e. The first-order valence-electron chi connectivity index (χ1n) is 4.26. The number of aryl methyl sites for hydroxylation is 1. The molecule has 0 fully saturated rings. The minimum absolute atomic E-state index is 0.148. The van der Waals surface area contributed by atoms with Crippen LogP contribution < -0.4 is 0 Å². The molecule has 1 N–H and O–H groups in total. The molecule has 0 atom stereocenters. The van der Waals surface area contributed by atoms with E-state index in [2.05, 4.69) is 9.97 Å². The lowest BCUT2D eigenvalue weighted by Crippen LogP contribution is -1.84. The summed E-state index contributed by atoms with van der Waals surface area (Å²) in [7, 11) is 0. The average molecular weight is 179 g/mol. The molecule has 0 aromatic carbocycles. The maximum atomic E-state index is 9.03. The summed E-state index contributed by atoms with van der Waals surface area (Å²) in [6.07, 6.45) is 4.76. The second kappa shape index (κ2) is 3.89. The summed E-state index contributed by atoms with van der Waals surface area (Å²) in [6.45, 7) is 5.88. The number of fused-ring (bicyclic) bond motifs is 1. The molecule has 13 heavy (non-hydrogen) atoms. The van der Waals surface area contributed by atoms with Crippen molar-refractivity contribution in [3.63, 3.8) is 0 Å². The lowest BCUT2D eigenvalue weighted by molar-refractivity contribution is 0.469. The molecular weight excluding hydrogens is 166 g/mol. The molecule has 0 saturated heterocycles. The van der Waals surface area contributed by atoms with Gasteiger partial charge in [-0.25, -0.2) is 9.97 Å². The second-order valence-corrected chi connectivity index (χ2v) is 2.40. The molecular formula is C9H13N3O. The van der Waals surface area contributed by atoms with Crippen LogP contribution in [0.2, 0.25) is 0 Å². The van der Waals surface area contributed by atoms with Gasteiger partial charge in [-0.2, -0.15) is 0 Å². The Balaban J connectivity index is 0.000000396. The van der Waals surface area contributed by atoms with Crippen LogP contribution in [0.15, 0.2) is 18.6 Å². The van der Waals surface area contributed by atoms with Crippen molar-refractivity contribution in [1.29, 1.82) is 0 Å². The highest BCUT2D eigenvalue weighted by Crippen LogP contribution is 2.07. The van der Waals surface area contributed by atoms with Gasteiger partial charge in [0.1, 0.15) is 0 Å². The van der Waals surface area contributed by atoms with Crippen molar-refractivity contribution >= 4 is 5.78 Å². The van der Waals surface area contributed by atoms with E-state index in [1.54, 1.807) is 10.6 Å². The number of rotatable bonds is 0. The Bertz CT molecular complexity index is 395. The summed E-state index contributed by atoms with van der Waals surface area (Å²) in [4.78, 5) is 8.00. The quantitative estimate of drug-likeness (QED) is 0.670. The third-order valence-electron chi connectivity index (χ3n) is 1.42. The summed E-state index contributed by atoms with van der Waals surface area (Å²) >= 11 is 0. The van der Waals surface area contributed by atoms with Crippen molar-refractivity contribution < 1.29 is 5.11 Å². The van der Waals surface area contributed by atoms with Gasteiger partial charge in [-0.05, 0) is 6.92 Å². The standard InChI is InChI=1S/C7H7N3O.C2H6/c1-5-3-10-4-6(11)2-8-7(10)9-5;1-2/h2-4,11H,1H3;1-2H3. The van der Waals surface area contributed by atoms with E-state index < -0.39 is 0 Å². The second-order valence-electron chi connectivity index (χ2n) is 2.40. The Kier molecular flexibility index (Phi) is 2.84. The molecule has 0 radical (unpaired) electrons. The van der Waals surface area contributed by atoms with Gasteiger partial charge in [-0.1, -0.05) is 13.8 Å². The number of imidazole rings is 1. The van der Waals surface area contributed by atoms with Crippen LogP contribution in [0.4, 0.5) is 0 Å². The first-order valence-corrected chi connectivity index (χ1v) is 4.26. The molecule has 2 aromatic heterocycles. The van der Waals surface area contributed by atoms with Crippen LogP contribution in [0.25, 0.3) is 5.78 Å². The summed E-state index contributed by atoms with van der Waals surface area (Å²) in [5.74, 6) is 0.759. The minimum atomic E-state index is 0.148. The zero-order valence-electron chi connectivity index (χ0n) is 8.02. The number of hydrogen-bond donors (Lipinski definition) is 1. The Morgan fingerprint density at radius 3 is 2.69 bits per heavy atom. The highest BCUT2D eigenvalue weighted by atomic mass is 16.3. The van der Waals surface area contributed by atoms with E-state index in [4.69, 9.17) is 5.11 Å². The van der Waals surface area contributed by atoms with Gasteiger partial charge < -0.3 is 5.11 Å². The fraction of sp³-hybridized carbons (Fsp3) is 0.333. The van der Waals surface area contributed by atoms with Gasteiger partial charge in [0.2, 0.25) is 5.78 Å². The van der Waals surface area contributed by atoms with Crippen molar-refractivity contribution in [3.8, 4) is 5.75 Å². The van der Waals surface area contributed by atoms with Crippen LogP contribution in [0, 0.1) is 6.92 Å². The van der Waals surface area contributed by atoms with E-state index in [0.717, 1.165) is 5.69 Å². The third kappa shape index (κ3) is 1.96. The molecule has 0 aliphatic rings. The average Bonchev–Trinajstić information content (AvgIpc) is 2.48. The molecule has 2 rings (SSSR count). The molecule has 0 aliphatic carbocycles. The lowest BCUT2D eigenvalue weighted by atomic mass is 10.6. The summed E-state index contributed by atoms with van der Waals surface area (Å²) in [5.41, 5.74) is 0.892. The fourth-order valence-electron chi connectivity index (χ4n) is 0.994. The summed E-state index contributed by atoms with van der Waals surface area (Å²) < 4.78 is 1.69.